The van der Waals surface area contributed by atoms with Crippen molar-refractivity contribution in [1.29, 1.82) is 0 Å². The van der Waals surface area contributed by atoms with Crippen LogP contribution in [0.3, 0.4) is 0 Å². The molecule has 18 heavy (non-hydrogen) atoms. The average Bonchev–Trinajstić information content (AvgIpc) is 2.42. The molecule has 1 aromatic carbocycles. The summed E-state index contributed by atoms with van der Waals surface area (Å²) in [6.07, 6.45) is 2.25. The summed E-state index contributed by atoms with van der Waals surface area (Å²) in [7, 11) is 1.65. The number of ether oxygens (including phenoxy) is 3. The molecule has 0 heterocycles. The Hall–Kier alpha value is -0.740. The van der Waals surface area contributed by atoms with Gasteiger partial charge in [-0.05, 0) is 24.1 Å². The molecule has 0 fully saturated rings. The molecule has 3 nitrogen and oxygen atoms in total. The fourth-order valence-corrected chi connectivity index (χ4v) is 1.82. The van der Waals surface area contributed by atoms with Crippen molar-refractivity contribution in [1.82, 2.24) is 0 Å². The number of hydrogen-bond acceptors (Lipinski definition) is 3. The van der Waals surface area contributed by atoms with Crippen molar-refractivity contribution < 1.29 is 14.2 Å². The standard InChI is InChI=1S/C14H21BrO3/c1-3-4-7-17-8-9-18-14-10-12(11-15)5-6-13(14)16-2/h5-6,10H,3-4,7-9,11H2,1-2H3. The molecule has 0 atom stereocenters. The molecule has 0 amide bonds. The second-order valence-corrected chi connectivity index (χ2v) is 4.49. The number of hydrogen-bond donors (Lipinski definition) is 0. The third-order valence-corrected chi connectivity index (χ3v) is 3.16. The number of alkyl halides is 1. The molecule has 0 saturated carbocycles. The molecule has 1 rings (SSSR count). The highest BCUT2D eigenvalue weighted by molar-refractivity contribution is 9.08. The summed E-state index contributed by atoms with van der Waals surface area (Å²) in [5.41, 5.74) is 1.16. The van der Waals surface area contributed by atoms with Gasteiger partial charge in [0.05, 0.1) is 13.7 Å². The van der Waals surface area contributed by atoms with Gasteiger partial charge in [0.25, 0.3) is 0 Å². The van der Waals surface area contributed by atoms with Crippen LogP contribution in [0.15, 0.2) is 18.2 Å². The Labute approximate surface area is 118 Å². The van der Waals surface area contributed by atoms with Gasteiger partial charge in [0.15, 0.2) is 11.5 Å². The highest BCUT2D eigenvalue weighted by Crippen LogP contribution is 2.28. The van der Waals surface area contributed by atoms with Gasteiger partial charge >= 0.3 is 0 Å². The van der Waals surface area contributed by atoms with Crippen LogP contribution in [0.4, 0.5) is 0 Å². The molecule has 0 unspecified atom stereocenters. The first-order valence-electron chi connectivity index (χ1n) is 6.25. The second kappa shape index (κ2) is 9.22. The van der Waals surface area contributed by atoms with E-state index in [0.29, 0.717) is 13.2 Å². The van der Waals surface area contributed by atoms with Crippen molar-refractivity contribution >= 4 is 15.9 Å². The molecular formula is C14H21BrO3. The highest BCUT2D eigenvalue weighted by Gasteiger charge is 2.05. The lowest BCUT2D eigenvalue weighted by Crippen LogP contribution is -2.08. The van der Waals surface area contributed by atoms with Gasteiger partial charge in [-0.3, -0.25) is 0 Å². The van der Waals surface area contributed by atoms with Crippen LogP contribution in [0.5, 0.6) is 11.5 Å². The van der Waals surface area contributed by atoms with Crippen LogP contribution >= 0.6 is 15.9 Å². The van der Waals surface area contributed by atoms with Gasteiger partial charge in [-0.2, -0.15) is 0 Å². The molecule has 0 aliphatic carbocycles. The number of benzene rings is 1. The Bertz CT molecular complexity index is 342. The van der Waals surface area contributed by atoms with E-state index in [4.69, 9.17) is 14.2 Å². The zero-order chi connectivity index (χ0) is 13.2. The van der Waals surface area contributed by atoms with Crippen LogP contribution in [-0.4, -0.2) is 26.9 Å². The number of unbranched alkanes of at least 4 members (excludes halogenated alkanes) is 1. The Morgan fingerprint density at radius 2 is 1.94 bits per heavy atom. The number of halogens is 1. The normalized spacial score (nSPS) is 10.4. The minimum atomic E-state index is 0.547. The van der Waals surface area contributed by atoms with Crippen molar-refractivity contribution in [3.63, 3.8) is 0 Å². The largest absolute Gasteiger partial charge is 0.493 e. The molecule has 0 bridgehead atoms. The third kappa shape index (κ3) is 5.27. The van der Waals surface area contributed by atoms with E-state index in [1.54, 1.807) is 7.11 Å². The van der Waals surface area contributed by atoms with E-state index in [-0.39, 0.29) is 0 Å². The Kier molecular flexibility index (Phi) is 7.85. The summed E-state index contributed by atoms with van der Waals surface area (Å²) in [4.78, 5) is 0. The van der Waals surface area contributed by atoms with E-state index in [9.17, 15) is 0 Å². The first kappa shape index (κ1) is 15.3. The summed E-state index contributed by atoms with van der Waals surface area (Å²) < 4.78 is 16.4. The molecule has 0 aliphatic heterocycles. The van der Waals surface area contributed by atoms with Crippen LogP contribution < -0.4 is 9.47 Å². The van der Waals surface area contributed by atoms with E-state index in [2.05, 4.69) is 22.9 Å². The van der Waals surface area contributed by atoms with E-state index >= 15 is 0 Å². The summed E-state index contributed by atoms with van der Waals surface area (Å²) in [6.45, 7) is 4.11. The van der Waals surface area contributed by atoms with E-state index in [1.807, 2.05) is 18.2 Å². The van der Waals surface area contributed by atoms with Gasteiger partial charge in [-0.25, -0.2) is 0 Å². The fraction of sp³-hybridized carbons (Fsp3) is 0.571. The minimum Gasteiger partial charge on any atom is -0.493 e. The first-order chi connectivity index (χ1) is 8.81. The predicted octanol–water partition coefficient (Wildman–Crippen LogP) is 3.79. The summed E-state index contributed by atoms with van der Waals surface area (Å²) in [5, 5.41) is 0.806. The van der Waals surface area contributed by atoms with Crippen LogP contribution in [0, 0.1) is 0 Å². The molecule has 0 saturated heterocycles. The topological polar surface area (TPSA) is 27.7 Å². The lowest BCUT2D eigenvalue weighted by molar-refractivity contribution is 0.0970. The molecular weight excluding hydrogens is 296 g/mol. The maximum Gasteiger partial charge on any atom is 0.161 e. The fourth-order valence-electron chi connectivity index (χ4n) is 1.48. The number of rotatable bonds is 9. The molecule has 0 aromatic heterocycles. The highest BCUT2D eigenvalue weighted by atomic mass is 79.9. The molecule has 1 aromatic rings. The van der Waals surface area contributed by atoms with Crippen LogP contribution in [0.25, 0.3) is 0 Å². The molecule has 0 radical (unpaired) electrons. The van der Waals surface area contributed by atoms with Crippen molar-refractivity contribution in [3.8, 4) is 11.5 Å². The molecule has 0 N–H and O–H groups in total. The molecule has 4 heteroatoms. The van der Waals surface area contributed by atoms with Gasteiger partial charge in [0, 0.05) is 11.9 Å². The van der Waals surface area contributed by atoms with E-state index < -0.39 is 0 Å². The first-order valence-corrected chi connectivity index (χ1v) is 7.37. The van der Waals surface area contributed by atoms with Crippen molar-refractivity contribution in [2.24, 2.45) is 0 Å². The monoisotopic (exact) mass is 316 g/mol. The zero-order valence-corrected chi connectivity index (χ0v) is 12.7. The van der Waals surface area contributed by atoms with Crippen LogP contribution in [0.2, 0.25) is 0 Å². The Balaban J connectivity index is 2.39. The van der Waals surface area contributed by atoms with Gasteiger partial charge < -0.3 is 14.2 Å². The van der Waals surface area contributed by atoms with E-state index in [1.165, 1.54) is 0 Å². The summed E-state index contributed by atoms with van der Waals surface area (Å²) in [6, 6.07) is 5.92. The second-order valence-electron chi connectivity index (χ2n) is 3.93. The summed E-state index contributed by atoms with van der Waals surface area (Å²) >= 11 is 3.43. The average molecular weight is 317 g/mol. The number of methoxy groups -OCH3 is 1. The minimum absolute atomic E-state index is 0.547. The lowest BCUT2D eigenvalue weighted by atomic mass is 10.2. The zero-order valence-electron chi connectivity index (χ0n) is 11.1. The van der Waals surface area contributed by atoms with Crippen molar-refractivity contribution in [3.05, 3.63) is 23.8 Å². The Morgan fingerprint density at radius 3 is 2.61 bits per heavy atom. The van der Waals surface area contributed by atoms with Gasteiger partial charge in [0.2, 0.25) is 0 Å². The van der Waals surface area contributed by atoms with Gasteiger partial charge in [0.1, 0.15) is 6.61 Å². The van der Waals surface area contributed by atoms with E-state index in [0.717, 1.165) is 41.8 Å². The molecule has 102 valence electrons. The maximum absolute atomic E-state index is 5.68. The lowest BCUT2D eigenvalue weighted by Gasteiger charge is -2.12. The van der Waals surface area contributed by atoms with Crippen molar-refractivity contribution in [2.75, 3.05) is 26.9 Å². The van der Waals surface area contributed by atoms with Crippen LogP contribution in [-0.2, 0) is 10.1 Å². The Morgan fingerprint density at radius 1 is 1.11 bits per heavy atom. The molecule has 0 spiro atoms. The third-order valence-electron chi connectivity index (χ3n) is 2.51. The smallest absolute Gasteiger partial charge is 0.161 e. The van der Waals surface area contributed by atoms with Gasteiger partial charge in [-0.15, -0.1) is 0 Å². The summed E-state index contributed by atoms with van der Waals surface area (Å²) in [5.74, 6) is 1.53. The van der Waals surface area contributed by atoms with Crippen LogP contribution in [0.1, 0.15) is 25.3 Å². The van der Waals surface area contributed by atoms with Gasteiger partial charge in [-0.1, -0.05) is 35.3 Å². The molecule has 0 aliphatic rings. The maximum atomic E-state index is 5.68. The quantitative estimate of drug-likeness (QED) is 0.512. The van der Waals surface area contributed by atoms with Crippen molar-refractivity contribution in [2.45, 2.75) is 25.1 Å². The predicted molar refractivity (Wildman–Crippen MR) is 76.8 cm³/mol. The SMILES string of the molecule is CCCCOCCOc1cc(CBr)ccc1OC.